The van der Waals surface area contributed by atoms with Crippen LogP contribution in [0.25, 0.3) is 10.9 Å². The van der Waals surface area contributed by atoms with E-state index in [1.807, 2.05) is 53.8 Å². The monoisotopic (exact) mass is 638 g/mol. The number of para-hydroxylation sites is 2. The molecule has 6 rings (SSSR count). The Morgan fingerprint density at radius 1 is 0.933 bits per heavy atom. The lowest BCUT2D eigenvalue weighted by atomic mass is 9.79. The van der Waals surface area contributed by atoms with Gasteiger partial charge in [-0.2, -0.15) is 13.2 Å². The molecule has 1 fully saturated rings. The van der Waals surface area contributed by atoms with Crippen LogP contribution in [0.1, 0.15) is 36.8 Å². The predicted molar refractivity (Wildman–Crippen MR) is 168 cm³/mol. The smallest absolute Gasteiger partial charge is 0.408 e. The summed E-state index contributed by atoms with van der Waals surface area (Å²) in [6, 6.07) is 24.2. The second-order valence-corrected chi connectivity index (χ2v) is 11.9. The van der Waals surface area contributed by atoms with Crippen molar-refractivity contribution in [3.05, 3.63) is 95.0 Å². The van der Waals surface area contributed by atoms with Crippen LogP contribution < -0.4 is 15.0 Å². The fraction of sp³-hybridized carbons (Fsp3) is 0.353. The number of benzene rings is 3. The minimum Gasteiger partial charge on any atom is -0.456 e. The first-order chi connectivity index (χ1) is 21.7. The molecule has 45 heavy (non-hydrogen) atoms. The number of carbonyl (C=O) groups is 1. The van der Waals surface area contributed by atoms with Gasteiger partial charge in [0.15, 0.2) is 5.60 Å². The minimum absolute atomic E-state index is 0.384. The van der Waals surface area contributed by atoms with Crippen molar-refractivity contribution in [2.75, 3.05) is 44.2 Å². The zero-order chi connectivity index (χ0) is 31.4. The van der Waals surface area contributed by atoms with E-state index in [0.29, 0.717) is 40.5 Å². The largest absolute Gasteiger partial charge is 0.456 e. The molecule has 2 aliphatic heterocycles. The molecule has 0 saturated carbocycles. The number of nitrogens with one attached hydrogen (secondary N) is 1. The van der Waals surface area contributed by atoms with Crippen molar-refractivity contribution in [1.82, 2.24) is 15.2 Å². The molecular formula is C34H34ClF3N4O3. The van der Waals surface area contributed by atoms with Crippen LogP contribution in [0.2, 0.25) is 5.02 Å². The molecule has 3 aromatic carbocycles. The van der Waals surface area contributed by atoms with Crippen LogP contribution in [-0.4, -0.2) is 61.4 Å². The van der Waals surface area contributed by atoms with Crippen LogP contribution >= 0.6 is 11.6 Å². The molecule has 0 spiro atoms. The Hall–Kier alpha value is -4.02. The zero-order valence-electron chi connectivity index (χ0n) is 24.7. The van der Waals surface area contributed by atoms with E-state index < -0.39 is 24.4 Å². The quantitative estimate of drug-likeness (QED) is 0.198. The number of aromatic nitrogens is 1. The Balaban J connectivity index is 1.13. The van der Waals surface area contributed by atoms with Gasteiger partial charge in [-0.3, -0.25) is 0 Å². The van der Waals surface area contributed by atoms with Crippen LogP contribution in [0.15, 0.2) is 78.9 Å². The molecule has 3 heterocycles. The van der Waals surface area contributed by atoms with E-state index in [0.717, 1.165) is 62.3 Å². The lowest BCUT2D eigenvalue weighted by Crippen LogP contribution is -2.42. The lowest BCUT2D eigenvalue weighted by Gasteiger charge is -2.39. The van der Waals surface area contributed by atoms with Gasteiger partial charge in [0.2, 0.25) is 0 Å². The standard InChI is InChI=1S/C34H34ClF3N4O3/c35-25-13-14-28-24(22-25)12-15-31(40-28)42-19-7-18-41(20-21-42)17-6-5-16-33(45-32(43)39-23-34(36,37)38)26-8-1-3-10-29(26)44-30-11-4-2-9-27(30)33/h1-4,8-15,22H,5-7,16-21,23H2,(H,39,43). The molecule has 11 heteroatoms. The number of rotatable bonds is 8. The van der Waals surface area contributed by atoms with Gasteiger partial charge in [-0.05, 0) is 81.2 Å². The average Bonchev–Trinajstić information content (AvgIpc) is 3.27. The van der Waals surface area contributed by atoms with Crippen molar-refractivity contribution in [3.8, 4) is 11.5 Å². The van der Waals surface area contributed by atoms with Crippen LogP contribution in [0.4, 0.5) is 23.8 Å². The Kier molecular flexibility index (Phi) is 9.05. The van der Waals surface area contributed by atoms with E-state index in [1.165, 1.54) is 0 Å². The van der Waals surface area contributed by atoms with E-state index in [9.17, 15) is 18.0 Å². The van der Waals surface area contributed by atoms with Crippen LogP contribution in [0.5, 0.6) is 11.5 Å². The number of halogens is 4. The first-order valence-corrected chi connectivity index (χ1v) is 15.5. The number of nitrogens with zero attached hydrogens (tertiary/aromatic N) is 3. The fourth-order valence-electron chi connectivity index (χ4n) is 6.23. The summed E-state index contributed by atoms with van der Waals surface area (Å²) < 4.78 is 50.8. The molecule has 0 unspecified atom stereocenters. The molecule has 2 aliphatic rings. The predicted octanol–water partition coefficient (Wildman–Crippen LogP) is 7.91. The molecule has 0 aliphatic carbocycles. The van der Waals surface area contributed by atoms with Crippen LogP contribution in [0, 0.1) is 0 Å². The Morgan fingerprint density at radius 3 is 2.40 bits per heavy atom. The number of carbonyl (C=O) groups excluding carboxylic acids is 1. The number of amides is 1. The van der Waals surface area contributed by atoms with Gasteiger partial charge in [0.1, 0.15) is 23.9 Å². The summed E-state index contributed by atoms with van der Waals surface area (Å²) in [5, 5.41) is 3.59. The number of fused-ring (bicyclic) bond motifs is 3. The summed E-state index contributed by atoms with van der Waals surface area (Å²) >= 11 is 6.13. The third-order valence-corrected chi connectivity index (χ3v) is 8.60. The van der Waals surface area contributed by atoms with E-state index >= 15 is 0 Å². The molecule has 0 radical (unpaired) electrons. The Bertz CT molecular complexity index is 1620. The van der Waals surface area contributed by atoms with Gasteiger partial charge in [-0.15, -0.1) is 0 Å². The highest BCUT2D eigenvalue weighted by Gasteiger charge is 2.45. The molecule has 1 saturated heterocycles. The molecule has 4 aromatic rings. The maximum Gasteiger partial charge on any atom is 0.408 e. The van der Waals surface area contributed by atoms with Gasteiger partial charge in [0.05, 0.1) is 5.52 Å². The van der Waals surface area contributed by atoms with Gasteiger partial charge in [0.25, 0.3) is 0 Å². The number of ether oxygens (including phenoxy) is 2. The maximum atomic E-state index is 12.9. The maximum absolute atomic E-state index is 12.9. The van der Waals surface area contributed by atoms with Crippen molar-refractivity contribution in [1.29, 1.82) is 0 Å². The first-order valence-electron chi connectivity index (χ1n) is 15.1. The van der Waals surface area contributed by atoms with Gasteiger partial charge in [-0.25, -0.2) is 9.78 Å². The van der Waals surface area contributed by atoms with Gasteiger partial charge in [-0.1, -0.05) is 48.0 Å². The second kappa shape index (κ2) is 13.1. The topological polar surface area (TPSA) is 66.9 Å². The average molecular weight is 639 g/mol. The number of unbranched alkanes of at least 4 members (excludes halogenated alkanes) is 1. The van der Waals surface area contributed by atoms with E-state index in [4.69, 9.17) is 26.1 Å². The highest BCUT2D eigenvalue weighted by Crippen LogP contribution is 2.51. The zero-order valence-corrected chi connectivity index (χ0v) is 25.4. The minimum atomic E-state index is -4.56. The number of hydrogen-bond donors (Lipinski definition) is 1. The van der Waals surface area contributed by atoms with Gasteiger partial charge in [0, 0.05) is 41.2 Å². The van der Waals surface area contributed by atoms with E-state index in [-0.39, 0.29) is 0 Å². The number of alkyl carbamates (subject to hydrolysis) is 1. The molecule has 1 N–H and O–H groups in total. The van der Waals surface area contributed by atoms with Crippen molar-refractivity contribution < 1.29 is 27.4 Å². The summed E-state index contributed by atoms with van der Waals surface area (Å²) in [4.78, 5) is 22.4. The van der Waals surface area contributed by atoms with Crippen molar-refractivity contribution in [3.63, 3.8) is 0 Å². The Morgan fingerprint density at radius 2 is 1.67 bits per heavy atom. The molecule has 1 amide bonds. The number of alkyl halides is 3. The lowest BCUT2D eigenvalue weighted by molar-refractivity contribution is -0.124. The van der Waals surface area contributed by atoms with Crippen molar-refractivity contribution in [2.24, 2.45) is 0 Å². The summed E-state index contributed by atoms with van der Waals surface area (Å²) in [6.07, 6.45) is -2.82. The highest BCUT2D eigenvalue weighted by molar-refractivity contribution is 6.31. The second-order valence-electron chi connectivity index (χ2n) is 11.4. The molecule has 236 valence electrons. The molecular weight excluding hydrogens is 605 g/mol. The molecule has 0 bridgehead atoms. The summed E-state index contributed by atoms with van der Waals surface area (Å²) in [7, 11) is 0. The van der Waals surface area contributed by atoms with Crippen molar-refractivity contribution >= 4 is 34.4 Å². The van der Waals surface area contributed by atoms with E-state index in [1.54, 1.807) is 24.3 Å². The first kappa shape index (κ1) is 31.0. The van der Waals surface area contributed by atoms with E-state index in [2.05, 4.69) is 15.9 Å². The van der Waals surface area contributed by atoms with Crippen LogP contribution in [0.3, 0.4) is 0 Å². The SMILES string of the molecule is O=C(NCC(F)(F)F)OC1(CCCCN2CCCN(c3ccc4cc(Cl)ccc4n3)CC2)c2ccccc2Oc2ccccc21. The van der Waals surface area contributed by atoms with Gasteiger partial charge >= 0.3 is 12.3 Å². The third-order valence-electron chi connectivity index (χ3n) is 8.37. The summed E-state index contributed by atoms with van der Waals surface area (Å²) in [5.74, 6) is 1.97. The fourth-order valence-corrected chi connectivity index (χ4v) is 6.41. The number of anilines is 1. The number of pyridine rings is 1. The highest BCUT2D eigenvalue weighted by atomic mass is 35.5. The van der Waals surface area contributed by atoms with Crippen molar-refractivity contribution in [2.45, 2.75) is 37.5 Å². The number of hydrogen-bond acceptors (Lipinski definition) is 6. The van der Waals surface area contributed by atoms with Gasteiger partial charge < -0.3 is 24.6 Å². The molecule has 0 atom stereocenters. The molecule has 1 aromatic heterocycles. The summed E-state index contributed by atoms with van der Waals surface area (Å²) in [6.45, 7) is 2.93. The summed E-state index contributed by atoms with van der Waals surface area (Å²) in [5.41, 5.74) is 0.836. The Labute approximate surface area is 264 Å². The van der Waals surface area contributed by atoms with Crippen LogP contribution in [-0.2, 0) is 10.3 Å². The molecule has 7 nitrogen and oxygen atoms in total. The third kappa shape index (κ3) is 7.12. The normalized spacial score (nSPS) is 16.3.